The zero-order valence-electron chi connectivity index (χ0n) is 39.8. The van der Waals surface area contributed by atoms with Crippen molar-refractivity contribution < 1.29 is 57.4 Å². The number of imide groups is 2. The van der Waals surface area contributed by atoms with Crippen molar-refractivity contribution in [1.82, 2.24) is 41.3 Å². The van der Waals surface area contributed by atoms with Gasteiger partial charge in [0.1, 0.15) is 24.7 Å². The minimum absolute atomic E-state index is 0.0224. The molecule has 2 unspecified atom stereocenters. The van der Waals surface area contributed by atoms with Gasteiger partial charge in [0.25, 0.3) is 17.7 Å². The Kier molecular flexibility index (Phi) is 17.4. The number of amides is 11. The van der Waals surface area contributed by atoms with E-state index in [2.05, 4.69) is 45.7 Å². The van der Waals surface area contributed by atoms with Gasteiger partial charge in [-0.15, -0.1) is 0 Å². The molecular formula is C49H59N9O12. The second kappa shape index (κ2) is 23.6. The quantitative estimate of drug-likeness (QED) is 0.0826. The molecule has 6 N–H and O–H groups in total. The number of likely N-dealkylation sites (N-methyl/N-ethyl adjacent to an activating group) is 1. The van der Waals surface area contributed by atoms with Crippen LogP contribution in [0.4, 0.5) is 15.3 Å². The van der Waals surface area contributed by atoms with Gasteiger partial charge in [0.05, 0.1) is 13.2 Å². The molecule has 372 valence electrons. The lowest BCUT2D eigenvalue weighted by Gasteiger charge is -2.29. The van der Waals surface area contributed by atoms with Crippen molar-refractivity contribution in [1.29, 1.82) is 0 Å². The van der Waals surface area contributed by atoms with Crippen LogP contribution in [0, 0.1) is 5.92 Å². The number of nitrogens with one attached hydrogen (secondary N) is 6. The topological polar surface area (TPSA) is 271 Å². The lowest BCUT2D eigenvalue weighted by molar-refractivity contribution is -0.138. The van der Waals surface area contributed by atoms with Crippen molar-refractivity contribution in [2.75, 3.05) is 38.7 Å². The van der Waals surface area contributed by atoms with Crippen LogP contribution in [-0.2, 0) is 62.7 Å². The average molecular weight is 966 g/mol. The molecule has 1 aliphatic carbocycles. The highest BCUT2D eigenvalue weighted by Crippen LogP contribution is 2.30. The molecule has 3 heterocycles. The Balaban J connectivity index is 0.842. The molecule has 0 spiro atoms. The minimum Gasteiger partial charge on any atom is -0.445 e. The third-order valence-corrected chi connectivity index (χ3v) is 12.4. The molecule has 0 saturated carbocycles. The van der Waals surface area contributed by atoms with E-state index < -0.39 is 59.7 Å². The van der Waals surface area contributed by atoms with Crippen LogP contribution >= 0.6 is 0 Å². The largest absolute Gasteiger partial charge is 0.445 e. The van der Waals surface area contributed by atoms with E-state index in [0.29, 0.717) is 36.3 Å². The molecule has 2 aromatic rings. The van der Waals surface area contributed by atoms with Crippen molar-refractivity contribution in [2.24, 2.45) is 5.92 Å². The smallest absolute Gasteiger partial charge is 0.409 e. The van der Waals surface area contributed by atoms with Crippen LogP contribution in [0.5, 0.6) is 0 Å². The van der Waals surface area contributed by atoms with Crippen LogP contribution < -0.4 is 31.9 Å². The summed E-state index contributed by atoms with van der Waals surface area (Å²) in [4.78, 5) is 128. The summed E-state index contributed by atoms with van der Waals surface area (Å²) in [5.41, 5.74) is 6.17. The summed E-state index contributed by atoms with van der Waals surface area (Å²) in [7, 11) is 1.60. The first kappa shape index (κ1) is 51.7. The molecule has 4 atom stereocenters. The van der Waals surface area contributed by atoms with E-state index in [0.717, 1.165) is 39.4 Å². The lowest BCUT2D eigenvalue weighted by Crippen LogP contribution is -2.52. The fourth-order valence-electron chi connectivity index (χ4n) is 8.06. The predicted octanol–water partition coefficient (Wildman–Crippen LogP) is 2.43. The van der Waals surface area contributed by atoms with Gasteiger partial charge >= 0.3 is 12.1 Å². The van der Waals surface area contributed by atoms with Crippen molar-refractivity contribution >= 4 is 65.1 Å². The van der Waals surface area contributed by atoms with Gasteiger partial charge in [0.15, 0.2) is 0 Å². The average Bonchev–Trinajstić information content (AvgIpc) is 3.83. The zero-order chi connectivity index (χ0) is 50.6. The second-order valence-corrected chi connectivity index (χ2v) is 17.6. The number of carbonyl (C=O) groups is 10. The van der Waals surface area contributed by atoms with Gasteiger partial charge in [-0.2, -0.15) is 0 Å². The van der Waals surface area contributed by atoms with Crippen LogP contribution in [0.25, 0.3) is 0 Å². The van der Waals surface area contributed by atoms with E-state index in [-0.39, 0.29) is 82.4 Å². The number of carbonyl (C=O) groups excluding carboxylic acids is 10. The SMILES string of the molecule is CC1=C(CCOCCN(C)C(=O)OCc2ccc(NC(=O)[C@H](C)NC(=O)[C@H](C)NC(=O)CCN3C(=O)C=CC3=O)cc2)C=C(NC(=O)NCc2ccc3c(c2)CN(C2CCC(=O)NC2=O)C3=O)CC1C. The number of piperidine rings is 1. The molecule has 6 rings (SSSR count). The number of nitrogens with zero attached hydrogens (tertiary/aromatic N) is 3. The molecule has 70 heavy (non-hydrogen) atoms. The minimum atomic E-state index is -0.989. The highest BCUT2D eigenvalue weighted by atomic mass is 16.6. The van der Waals surface area contributed by atoms with Crippen molar-refractivity contribution in [2.45, 2.75) is 97.6 Å². The molecule has 1 saturated heterocycles. The zero-order valence-corrected chi connectivity index (χ0v) is 39.8. The Morgan fingerprint density at radius 2 is 1.59 bits per heavy atom. The monoisotopic (exact) mass is 965 g/mol. The fourth-order valence-corrected chi connectivity index (χ4v) is 8.06. The number of allylic oxidation sites excluding steroid dienone is 3. The van der Waals surface area contributed by atoms with Gasteiger partial charge < -0.3 is 45.9 Å². The molecule has 11 amide bonds. The summed E-state index contributed by atoms with van der Waals surface area (Å²) >= 11 is 0. The lowest BCUT2D eigenvalue weighted by atomic mass is 9.86. The third kappa shape index (κ3) is 13.7. The van der Waals surface area contributed by atoms with Crippen LogP contribution in [0.1, 0.15) is 86.8 Å². The Morgan fingerprint density at radius 3 is 2.30 bits per heavy atom. The second-order valence-electron chi connectivity index (χ2n) is 17.6. The first-order valence-corrected chi connectivity index (χ1v) is 23.1. The van der Waals surface area contributed by atoms with Crippen LogP contribution in [0.15, 0.2) is 77.5 Å². The molecule has 0 aromatic heterocycles. The van der Waals surface area contributed by atoms with E-state index in [1.807, 2.05) is 12.1 Å². The van der Waals surface area contributed by atoms with E-state index >= 15 is 0 Å². The molecule has 3 aliphatic heterocycles. The third-order valence-electron chi connectivity index (χ3n) is 12.4. The summed E-state index contributed by atoms with van der Waals surface area (Å²) in [6, 6.07) is 8.91. The van der Waals surface area contributed by atoms with Gasteiger partial charge in [0.2, 0.25) is 29.5 Å². The Hall–Kier alpha value is -7.68. The Morgan fingerprint density at radius 1 is 0.886 bits per heavy atom. The number of ether oxygens (including phenoxy) is 2. The highest BCUT2D eigenvalue weighted by molar-refractivity contribution is 6.13. The molecular weight excluding hydrogens is 907 g/mol. The molecule has 4 aliphatic rings. The number of fused-ring (bicyclic) bond motifs is 1. The van der Waals surface area contributed by atoms with Crippen LogP contribution in [0.2, 0.25) is 0 Å². The number of rotatable bonds is 20. The Labute approximate surface area is 404 Å². The van der Waals surface area contributed by atoms with Crippen molar-refractivity contribution in [3.63, 3.8) is 0 Å². The summed E-state index contributed by atoms with van der Waals surface area (Å²) in [6.07, 6.45) is 5.17. The molecule has 21 heteroatoms. The van der Waals surface area contributed by atoms with Gasteiger partial charge in [-0.3, -0.25) is 48.6 Å². The highest BCUT2D eigenvalue weighted by Gasteiger charge is 2.39. The fraction of sp³-hybridized carbons (Fsp3) is 0.429. The van der Waals surface area contributed by atoms with E-state index in [9.17, 15) is 47.9 Å². The molecule has 2 aromatic carbocycles. The summed E-state index contributed by atoms with van der Waals surface area (Å²) in [5.74, 6) is -3.57. The summed E-state index contributed by atoms with van der Waals surface area (Å²) < 4.78 is 11.3. The maximum absolute atomic E-state index is 13.0. The standard InChI is InChI=1S/C49H59N9O12/c1-28-22-37(54-48(67)50-25-33-8-11-38-35(23-33)26-58(47(38)66)39-12-13-40(59)55-46(39)65)24-34(29(28)2)17-20-69-21-19-56(5)49(68)70-27-32-6-9-36(10-7-32)53-45(64)31(4)52-44(63)30(3)51-41(60)16-18-57-42(61)14-15-43(57)62/h6-11,14-15,23-24,28,30-31,39H,12-13,16-22,25-27H2,1-5H3,(H,51,60)(H,52,63)(H,53,64)(H2,50,54,67)(H,55,59,65)/t28?,30-,31-,39?/m0/s1. The normalized spacial score (nSPS) is 18.4. The first-order valence-electron chi connectivity index (χ1n) is 23.1. The number of anilines is 1. The summed E-state index contributed by atoms with van der Waals surface area (Å²) in [6.45, 7) is 8.32. The summed E-state index contributed by atoms with van der Waals surface area (Å²) in [5, 5.41) is 15.9. The van der Waals surface area contributed by atoms with Gasteiger partial charge in [-0.1, -0.05) is 36.8 Å². The van der Waals surface area contributed by atoms with E-state index in [4.69, 9.17) is 9.47 Å². The van der Waals surface area contributed by atoms with Gasteiger partial charge in [-0.25, -0.2) is 9.59 Å². The van der Waals surface area contributed by atoms with E-state index in [1.165, 1.54) is 29.2 Å². The first-order chi connectivity index (χ1) is 33.4. The van der Waals surface area contributed by atoms with Gasteiger partial charge in [-0.05, 0) is 92.5 Å². The molecule has 0 radical (unpaired) electrons. The van der Waals surface area contributed by atoms with Crippen LogP contribution in [-0.4, -0.2) is 126 Å². The number of hydrogen-bond donors (Lipinski definition) is 6. The maximum Gasteiger partial charge on any atom is 0.409 e. The molecule has 1 fully saturated rings. The Bertz CT molecular complexity index is 2500. The van der Waals surface area contributed by atoms with Gasteiger partial charge in [0, 0.05) is 75.2 Å². The number of benzene rings is 2. The molecule has 21 nitrogen and oxygen atoms in total. The number of hydrogen-bond acceptors (Lipinski definition) is 12. The van der Waals surface area contributed by atoms with Crippen LogP contribution in [0.3, 0.4) is 0 Å². The predicted molar refractivity (Wildman–Crippen MR) is 251 cm³/mol. The van der Waals surface area contributed by atoms with Crippen molar-refractivity contribution in [3.8, 4) is 0 Å². The van der Waals surface area contributed by atoms with Crippen molar-refractivity contribution in [3.05, 3.63) is 99.8 Å². The number of urea groups is 1. The maximum atomic E-state index is 13.0. The van der Waals surface area contributed by atoms with E-state index in [1.54, 1.807) is 43.4 Å². The molecule has 0 bridgehead atoms.